The zero-order valence-electron chi connectivity index (χ0n) is 26.3. The van der Waals surface area contributed by atoms with Crippen LogP contribution in [0.15, 0.2) is 155 Å². The molecular formula is C42H28N4S2. The molecule has 0 unspecified atom stereocenters. The molecule has 2 aliphatic rings. The van der Waals surface area contributed by atoms with Crippen molar-refractivity contribution in [2.24, 2.45) is 0 Å². The average molecular weight is 653 g/mol. The van der Waals surface area contributed by atoms with Crippen molar-refractivity contribution in [1.82, 2.24) is 0 Å². The molecule has 6 aromatic carbocycles. The molecule has 2 heterocycles. The maximum absolute atomic E-state index is 9.47. The molecule has 0 N–H and O–H groups in total. The molecule has 0 spiro atoms. The second-order valence-electron chi connectivity index (χ2n) is 11.7. The molecule has 6 heteroatoms. The molecule has 228 valence electrons. The van der Waals surface area contributed by atoms with Crippen LogP contribution in [0.5, 0.6) is 0 Å². The van der Waals surface area contributed by atoms with Crippen LogP contribution >= 0.6 is 23.5 Å². The number of allylic oxidation sites excluding steroid dienone is 2. The number of hydrogen-bond acceptors (Lipinski definition) is 5. The predicted octanol–water partition coefficient (Wildman–Crippen LogP) is 12.1. The van der Waals surface area contributed by atoms with E-state index in [1.165, 1.54) is 21.5 Å². The molecule has 0 radical (unpaired) electrons. The van der Waals surface area contributed by atoms with Crippen molar-refractivity contribution in [1.29, 1.82) is 5.26 Å². The average Bonchev–Trinajstić information content (AvgIpc) is 3.67. The summed E-state index contributed by atoms with van der Waals surface area (Å²) < 4.78 is 0. The minimum Gasteiger partial charge on any atom is -0.305 e. The van der Waals surface area contributed by atoms with Gasteiger partial charge in [0, 0.05) is 32.6 Å². The Morgan fingerprint density at radius 1 is 0.562 bits per heavy atom. The van der Waals surface area contributed by atoms with Crippen molar-refractivity contribution in [2.75, 3.05) is 9.80 Å². The fraction of sp³-hybridized carbons (Fsp3) is 0.0476. The number of anilines is 2. The van der Waals surface area contributed by atoms with E-state index >= 15 is 0 Å². The second kappa shape index (κ2) is 12.2. The Bertz CT molecular complexity index is 2270. The van der Waals surface area contributed by atoms with Crippen LogP contribution in [0.25, 0.3) is 36.2 Å². The van der Waals surface area contributed by atoms with Gasteiger partial charge in [-0.3, -0.25) is 0 Å². The van der Waals surface area contributed by atoms with E-state index in [4.69, 9.17) is 6.57 Å². The summed E-state index contributed by atoms with van der Waals surface area (Å²) in [6.45, 7) is 11.8. The van der Waals surface area contributed by atoms with Gasteiger partial charge in [0.15, 0.2) is 5.69 Å². The number of nitrogens with zero attached hydrogens (tertiary/aromatic N) is 4. The normalized spacial score (nSPS) is 16.2. The molecule has 0 aromatic heterocycles. The van der Waals surface area contributed by atoms with E-state index in [0.29, 0.717) is 11.3 Å². The lowest BCUT2D eigenvalue weighted by Gasteiger charge is -2.28. The fourth-order valence-corrected chi connectivity index (χ4v) is 9.04. The highest BCUT2D eigenvalue weighted by Gasteiger charge is 2.37. The molecule has 0 bridgehead atoms. The van der Waals surface area contributed by atoms with Crippen molar-refractivity contribution in [2.45, 2.75) is 13.8 Å². The summed E-state index contributed by atoms with van der Waals surface area (Å²) in [6, 6.07) is 48.3. The van der Waals surface area contributed by atoms with Gasteiger partial charge in [-0.1, -0.05) is 121 Å². The molecule has 48 heavy (non-hydrogen) atoms. The minimum atomic E-state index is 0.630. The largest absolute Gasteiger partial charge is 0.305 e. The van der Waals surface area contributed by atoms with Crippen molar-refractivity contribution in [3.63, 3.8) is 0 Å². The van der Waals surface area contributed by atoms with Crippen LogP contribution in [0, 0.1) is 17.9 Å². The Morgan fingerprint density at radius 2 is 1.00 bits per heavy atom. The Kier molecular flexibility index (Phi) is 7.54. The first-order valence-corrected chi connectivity index (χ1v) is 17.2. The SMILES string of the molecule is [C-]#[N+]c1ccc(C2=C(C)N(c3ccc4ccccc4c3)/C(=C3\SC(c4ccc(C#N)cc4)=C(C)N3c3ccc4ccccc4c3)S2)cc1. The predicted molar refractivity (Wildman–Crippen MR) is 204 cm³/mol. The van der Waals surface area contributed by atoms with E-state index < -0.39 is 0 Å². The third-order valence-electron chi connectivity index (χ3n) is 8.83. The standard InChI is InChI=1S/C42H28N4S2/c1-27-39(32-14-12-29(26-43)13-15-32)47-41(45(27)37-22-18-30-8-4-6-10-34(30)24-37)42-46(38-23-19-31-9-5-7-11-35(31)25-38)28(2)40(48-42)33-16-20-36(44-3)21-17-33/h4-25H,1-2H3/b42-41+. The maximum atomic E-state index is 9.47. The molecule has 6 aromatic rings. The van der Waals surface area contributed by atoms with E-state index in [1.54, 1.807) is 23.5 Å². The minimum absolute atomic E-state index is 0.630. The van der Waals surface area contributed by atoms with Crippen molar-refractivity contribution < 1.29 is 0 Å². The Hall–Kier alpha value is -5.66. The van der Waals surface area contributed by atoms with Crippen LogP contribution in [-0.2, 0) is 0 Å². The van der Waals surface area contributed by atoms with Crippen molar-refractivity contribution >= 4 is 71.9 Å². The van der Waals surface area contributed by atoms with Crippen LogP contribution < -0.4 is 9.80 Å². The molecule has 0 saturated heterocycles. The highest BCUT2D eigenvalue weighted by atomic mass is 32.2. The first-order valence-electron chi connectivity index (χ1n) is 15.6. The van der Waals surface area contributed by atoms with Gasteiger partial charge in [0.25, 0.3) is 0 Å². The number of benzene rings is 6. The summed E-state index contributed by atoms with van der Waals surface area (Å²) in [5.41, 5.74) is 7.90. The molecule has 0 atom stereocenters. The Morgan fingerprint density at radius 3 is 1.44 bits per heavy atom. The number of nitriles is 1. The molecule has 0 fully saturated rings. The van der Waals surface area contributed by atoms with Gasteiger partial charge >= 0.3 is 0 Å². The fourth-order valence-electron chi connectivity index (χ4n) is 6.39. The second-order valence-corrected chi connectivity index (χ2v) is 13.7. The molecule has 0 aliphatic carbocycles. The molecule has 0 saturated carbocycles. The van der Waals surface area contributed by atoms with Crippen molar-refractivity contribution in [3.8, 4) is 6.07 Å². The van der Waals surface area contributed by atoms with E-state index in [-0.39, 0.29) is 0 Å². The quantitative estimate of drug-likeness (QED) is 0.177. The smallest absolute Gasteiger partial charge is 0.187 e. The van der Waals surface area contributed by atoms with Gasteiger partial charge in [0.2, 0.25) is 0 Å². The highest BCUT2D eigenvalue weighted by molar-refractivity contribution is 8.15. The van der Waals surface area contributed by atoms with Gasteiger partial charge < -0.3 is 9.80 Å². The first kappa shape index (κ1) is 29.7. The zero-order chi connectivity index (χ0) is 32.8. The van der Waals surface area contributed by atoms with E-state index in [0.717, 1.165) is 53.8 Å². The van der Waals surface area contributed by atoms with Gasteiger partial charge in [-0.25, -0.2) is 4.85 Å². The van der Waals surface area contributed by atoms with Crippen LogP contribution in [-0.4, -0.2) is 0 Å². The monoisotopic (exact) mass is 652 g/mol. The lowest BCUT2D eigenvalue weighted by molar-refractivity contribution is 1.10. The summed E-state index contributed by atoms with van der Waals surface area (Å²) in [5.74, 6) is 0. The van der Waals surface area contributed by atoms with Crippen molar-refractivity contribution in [3.05, 3.63) is 183 Å². The molecule has 8 rings (SSSR count). The summed E-state index contributed by atoms with van der Waals surface area (Å²) in [5, 5.41) is 16.5. The van der Waals surface area contributed by atoms with Gasteiger partial charge in [0.1, 0.15) is 10.1 Å². The van der Waals surface area contributed by atoms with Gasteiger partial charge in [0.05, 0.1) is 18.2 Å². The number of thioether (sulfide) groups is 2. The topological polar surface area (TPSA) is 34.6 Å². The highest BCUT2D eigenvalue weighted by Crippen LogP contribution is 2.57. The molecule has 0 amide bonds. The first-order chi connectivity index (χ1) is 23.5. The number of fused-ring (bicyclic) bond motifs is 2. The summed E-state index contributed by atoms with van der Waals surface area (Å²) in [7, 11) is 0. The summed E-state index contributed by atoms with van der Waals surface area (Å²) in [4.78, 5) is 10.7. The van der Waals surface area contributed by atoms with Gasteiger partial charge in [-0.15, -0.1) is 0 Å². The van der Waals surface area contributed by atoms with Crippen LogP contribution in [0.4, 0.5) is 17.1 Å². The van der Waals surface area contributed by atoms with E-state index in [9.17, 15) is 5.26 Å². The lowest BCUT2D eigenvalue weighted by Crippen LogP contribution is -2.22. The molecular weight excluding hydrogens is 625 g/mol. The summed E-state index contributed by atoms with van der Waals surface area (Å²) in [6.07, 6.45) is 0. The molecule has 4 nitrogen and oxygen atoms in total. The van der Waals surface area contributed by atoms with Gasteiger partial charge in [-0.05, 0) is 82.9 Å². The van der Waals surface area contributed by atoms with Gasteiger partial charge in [-0.2, -0.15) is 5.26 Å². The Labute approximate surface area is 288 Å². The third kappa shape index (κ3) is 5.13. The number of rotatable bonds is 4. The van der Waals surface area contributed by atoms with E-state index in [2.05, 4.69) is 132 Å². The third-order valence-corrected chi connectivity index (χ3v) is 11.6. The maximum Gasteiger partial charge on any atom is 0.187 e. The van der Waals surface area contributed by atoms with Crippen LogP contribution in [0.3, 0.4) is 0 Å². The van der Waals surface area contributed by atoms with Crippen LogP contribution in [0.1, 0.15) is 30.5 Å². The summed E-state index contributed by atoms with van der Waals surface area (Å²) >= 11 is 3.55. The van der Waals surface area contributed by atoms with E-state index in [1.807, 2.05) is 36.4 Å². The lowest BCUT2D eigenvalue weighted by atomic mass is 10.1. The molecule has 2 aliphatic heterocycles. The van der Waals surface area contributed by atoms with Crippen LogP contribution in [0.2, 0.25) is 0 Å². The zero-order valence-corrected chi connectivity index (χ0v) is 27.9. The number of hydrogen-bond donors (Lipinski definition) is 0. The Balaban J connectivity index is 1.35.